The Morgan fingerprint density at radius 1 is 1.13 bits per heavy atom. The van der Waals surface area contributed by atoms with Crippen molar-refractivity contribution < 1.29 is 9.59 Å². The molecule has 0 radical (unpaired) electrons. The maximum absolute atomic E-state index is 12.3. The van der Waals surface area contributed by atoms with E-state index in [1.807, 2.05) is 30.3 Å². The first-order chi connectivity index (χ1) is 11.1. The molecule has 0 saturated heterocycles. The van der Waals surface area contributed by atoms with Crippen molar-refractivity contribution in [3.05, 3.63) is 51.2 Å². The summed E-state index contributed by atoms with van der Waals surface area (Å²) in [5.74, 6) is -0.0944. The van der Waals surface area contributed by atoms with E-state index in [0.717, 1.165) is 29.0 Å². The second-order valence-electron chi connectivity index (χ2n) is 5.83. The van der Waals surface area contributed by atoms with Gasteiger partial charge in [0.05, 0.1) is 4.88 Å². The van der Waals surface area contributed by atoms with E-state index < -0.39 is 0 Å². The standard InChI is InChI=1S/C18H20N2O2S/c1-12(21)20-15-8-6-13(7-9-15)11-19-18(22)17-10-14-4-2-3-5-16(14)23-17/h6-10H,2-5,11H2,1H3,(H,19,22)(H,20,21). The molecule has 0 saturated carbocycles. The molecule has 2 aromatic rings. The van der Waals surface area contributed by atoms with Crippen molar-refractivity contribution in [1.82, 2.24) is 5.32 Å². The number of carbonyl (C=O) groups is 2. The van der Waals surface area contributed by atoms with Crippen LogP contribution < -0.4 is 10.6 Å². The van der Waals surface area contributed by atoms with Gasteiger partial charge in [-0.15, -0.1) is 11.3 Å². The molecule has 0 atom stereocenters. The Kier molecular flexibility index (Phi) is 4.76. The first-order valence-corrected chi connectivity index (χ1v) is 8.70. The third-order valence-electron chi connectivity index (χ3n) is 3.95. The molecular weight excluding hydrogens is 308 g/mol. The zero-order valence-corrected chi connectivity index (χ0v) is 14.0. The van der Waals surface area contributed by atoms with Crippen LogP contribution in [0.4, 0.5) is 5.69 Å². The van der Waals surface area contributed by atoms with Gasteiger partial charge in [0.15, 0.2) is 0 Å². The minimum Gasteiger partial charge on any atom is -0.347 e. The third-order valence-corrected chi connectivity index (χ3v) is 5.18. The molecule has 0 aliphatic heterocycles. The fourth-order valence-electron chi connectivity index (χ4n) is 2.78. The summed E-state index contributed by atoms with van der Waals surface area (Å²) in [5, 5.41) is 5.69. The van der Waals surface area contributed by atoms with Crippen molar-refractivity contribution >= 4 is 28.8 Å². The molecule has 23 heavy (non-hydrogen) atoms. The summed E-state index contributed by atoms with van der Waals surface area (Å²) in [6.07, 6.45) is 4.67. The van der Waals surface area contributed by atoms with E-state index in [1.165, 1.54) is 30.2 Å². The van der Waals surface area contributed by atoms with Crippen LogP contribution in [0.2, 0.25) is 0 Å². The largest absolute Gasteiger partial charge is 0.347 e. The van der Waals surface area contributed by atoms with Gasteiger partial charge in [-0.1, -0.05) is 12.1 Å². The smallest absolute Gasteiger partial charge is 0.261 e. The lowest BCUT2D eigenvalue weighted by Gasteiger charge is -2.08. The van der Waals surface area contributed by atoms with Gasteiger partial charge in [-0.05, 0) is 55.0 Å². The molecule has 3 rings (SSSR count). The van der Waals surface area contributed by atoms with Gasteiger partial charge in [-0.3, -0.25) is 9.59 Å². The summed E-state index contributed by atoms with van der Waals surface area (Å²) in [4.78, 5) is 25.5. The van der Waals surface area contributed by atoms with Crippen molar-refractivity contribution in [3.8, 4) is 0 Å². The van der Waals surface area contributed by atoms with Crippen molar-refractivity contribution in [2.45, 2.75) is 39.2 Å². The second-order valence-corrected chi connectivity index (χ2v) is 6.96. The first kappa shape index (κ1) is 15.7. The molecule has 0 bridgehead atoms. The predicted molar refractivity (Wildman–Crippen MR) is 92.9 cm³/mol. The number of thiophene rings is 1. The van der Waals surface area contributed by atoms with Crippen molar-refractivity contribution in [1.29, 1.82) is 0 Å². The Bertz CT molecular complexity index is 696. The molecule has 1 heterocycles. The zero-order valence-electron chi connectivity index (χ0n) is 13.1. The third kappa shape index (κ3) is 3.99. The molecule has 0 fully saturated rings. The Morgan fingerprint density at radius 3 is 2.57 bits per heavy atom. The lowest BCUT2D eigenvalue weighted by molar-refractivity contribution is -0.114. The maximum atomic E-state index is 12.3. The highest BCUT2D eigenvalue weighted by atomic mass is 32.1. The monoisotopic (exact) mass is 328 g/mol. The topological polar surface area (TPSA) is 58.2 Å². The van der Waals surface area contributed by atoms with Crippen LogP contribution in [-0.4, -0.2) is 11.8 Å². The highest BCUT2D eigenvalue weighted by molar-refractivity contribution is 7.14. The van der Waals surface area contributed by atoms with Gasteiger partial charge in [-0.2, -0.15) is 0 Å². The average Bonchev–Trinajstić information content (AvgIpc) is 2.97. The van der Waals surface area contributed by atoms with Gasteiger partial charge in [0, 0.05) is 24.0 Å². The van der Waals surface area contributed by atoms with Crippen LogP contribution >= 0.6 is 11.3 Å². The SMILES string of the molecule is CC(=O)Nc1ccc(CNC(=O)c2cc3c(s2)CCCC3)cc1. The molecule has 0 unspecified atom stereocenters. The average molecular weight is 328 g/mol. The number of aryl methyl sites for hydroxylation is 2. The lowest BCUT2D eigenvalue weighted by Crippen LogP contribution is -2.21. The number of amides is 2. The fourth-order valence-corrected chi connectivity index (χ4v) is 3.95. The van der Waals surface area contributed by atoms with Gasteiger partial charge in [0.25, 0.3) is 5.91 Å². The summed E-state index contributed by atoms with van der Waals surface area (Å²) in [6, 6.07) is 9.55. The lowest BCUT2D eigenvalue weighted by atomic mass is 9.99. The number of nitrogens with one attached hydrogen (secondary N) is 2. The first-order valence-electron chi connectivity index (χ1n) is 7.88. The van der Waals surface area contributed by atoms with Gasteiger partial charge in [0.1, 0.15) is 0 Å². The number of carbonyl (C=O) groups excluding carboxylic acids is 2. The summed E-state index contributed by atoms with van der Waals surface area (Å²) < 4.78 is 0. The van der Waals surface area contributed by atoms with E-state index in [1.54, 1.807) is 11.3 Å². The number of hydrogen-bond acceptors (Lipinski definition) is 3. The maximum Gasteiger partial charge on any atom is 0.261 e. The van der Waals surface area contributed by atoms with E-state index in [-0.39, 0.29) is 11.8 Å². The Labute approximate surface area is 139 Å². The van der Waals surface area contributed by atoms with Gasteiger partial charge in [0.2, 0.25) is 5.91 Å². The minimum absolute atomic E-state index is 0.00432. The molecule has 1 aliphatic rings. The Morgan fingerprint density at radius 2 is 1.87 bits per heavy atom. The molecule has 5 heteroatoms. The van der Waals surface area contributed by atoms with E-state index >= 15 is 0 Å². The van der Waals surface area contributed by atoms with Crippen LogP contribution in [0.1, 0.15) is 45.4 Å². The summed E-state index contributed by atoms with van der Waals surface area (Å²) in [7, 11) is 0. The molecular formula is C18H20N2O2S. The van der Waals surface area contributed by atoms with Gasteiger partial charge < -0.3 is 10.6 Å². The van der Waals surface area contributed by atoms with Crippen molar-refractivity contribution in [3.63, 3.8) is 0 Å². The summed E-state index contributed by atoms with van der Waals surface area (Å²) >= 11 is 1.63. The van der Waals surface area contributed by atoms with Crippen LogP contribution in [0.25, 0.3) is 0 Å². The minimum atomic E-state index is -0.0901. The van der Waals surface area contributed by atoms with E-state index in [9.17, 15) is 9.59 Å². The number of benzene rings is 1. The van der Waals surface area contributed by atoms with Gasteiger partial charge >= 0.3 is 0 Å². The molecule has 2 amide bonds. The number of hydrogen-bond donors (Lipinski definition) is 2. The van der Waals surface area contributed by atoms with Crippen LogP contribution in [0.5, 0.6) is 0 Å². The predicted octanol–water partition coefficient (Wildman–Crippen LogP) is 3.52. The summed E-state index contributed by atoms with van der Waals surface area (Å²) in [6.45, 7) is 1.97. The highest BCUT2D eigenvalue weighted by Gasteiger charge is 2.16. The highest BCUT2D eigenvalue weighted by Crippen LogP contribution is 2.29. The van der Waals surface area contributed by atoms with Crippen LogP contribution in [-0.2, 0) is 24.2 Å². The number of fused-ring (bicyclic) bond motifs is 1. The number of anilines is 1. The Hall–Kier alpha value is -2.14. The van der Waals surface area contributed by atoms with Crippen molar-refractivity contribution in [2.24, 2.45) is 0 Å². The van der Waals surface area contributed by atoms with Crippen molar-refractivity contribution in [2.75, 3.05) is 5.32 Å². The van der Waals surface area contributed by atoms with E-state index in [4.69, 9.17) is 0 Å². The zero-order chi connectivity index (χ0) is 16.2. The van der Waals surface area contributed by atoms with Crippen LogP contribution in [0.15, 0.2) is 30.3 Å². The molecule has 0 spiro atoms. The number of rotatable bonds is 4. The molecule has 2 N–H and O–H groups in total. The summed E-state index contributed by atoms with van der Waals surface area (Å²) in [5.41, 5.74) is 3.12. The van der Waals surface area contributed by atoms with E-state index in [0.29, 0.717) is 6.54 Å². The molecule has 1 aliphatic carbocycles. The molecule has 4 nitrogen and oxygen atoms in total. The Balaban J connectivity index is 1.58. The van der Waals surface area contributed by atoms with E-state index in [2.05, 4.69) is 10.6 Å². The normalized spacial score (nSPS) is 13.3. The van der Waals surface area contributed by atoms with Crippen LogP contribution in [0.3, 0.4) is 0 Å². The molecule has 1 aromatic carbocycles. The van der Waals surface area contributed by atoms with Gasteiger partial charge in [-0.25, -0.2) is 0 Å². The van der Waals surface area contributed by atoms with Crippen LogP contribution in [0, 0.1) is 0 Å². The fraction of sp³-hybridized carbons (Fsp3) is 0.333. The molecule has 120 valence electrons. The molecule has 1 aromatic heterocycles. The quantitative estimate of drug-likeness (QED) is 0.902. The second kappa shape index (κ2) is 6.96.